The average Bonchev–Trinajstić information content (AvgIpc) is 3.04. The number of nitrogens with one attached hydrogen (secondary N) is 1. The van der Waals surface area contributed by atoms with Gasteiger partial charge in [-0.15, -0.1) is 0 Å². The van der Waals surface area contributed by atoms with Gasteiger partial charge in [-0.3, -0.25) is 14.5 Å². The van der Waals surface area contributed by atoms with Crippen molar-refractivity contribution in [3.8, 4) is 0 Å². The van der Waals surface area contributed by atoms with Crippen LogP contribution in [0.4, 0.5) is 0 Å². The van der Waals surface area contributed by atoms with Crippen molar-refractivity contribution in [1.29, 1.82) is 0 Å². The molecule has 1 heterocycles. The molecule has 0 spiro atoms. The van der Waals surface area contributed by atoms with E-state index in [1.165, 1.54) is 6.42 Å². The third kappa shape index (κ3) is 3.01. The second-order valence-corrected chi connectivity index (χ2v) is 7.43. The van der Waals surface area contributed by atoms with Crippen LogP contribution in [-0.2, 0) is 9.59 Å². The largest absolute Gasteiger partial charge is 0.303 e. The highest BCUT2D eigenvalue weighted by Crippen LogP contribution is 2.31. The molecule has 118 valence electrons. The quantitative estimate of drug-likeness (QED) is 0.813. The molecule has 2 saturated carbocycles. The Hall–Kier alpha value is -0.900. The van der Waals surface area contributed by atoms with Crippen LogP contribution in [-0.4, -0.2) is 34.8 Å². The van der Waals surface area contributed by atoms with Gasteiger partial charge < -0.3 is 5.32 Å². The Morgan fingerprint density at radius 1 is 1.00 bits per heavy atom. The van der Waals surface area contributed by atoms with Gasteiger partial charge in [0, 0.05) is 12.1 Å². The number of hydrogen-bond donors (Lipinski definition) is 1. The van der Waals surface area contributed by atoms with Crippen molar-refractivity contribution in [2.24, 2.45) is 11.8 Å². The summed E-state index contributed by atoms with van der Waals surface area (Å²) in [6, 6.07) is 0.326. The minimum absolute atomic E-state index is 0.0400. The van der Waals surface area contributed by atoms with E-state index in [1.807, 2.05) is 0 Å². The lowest BCUT2D eigenvalue weighted by atomic mass is 9.79. The molecule has 3 rings (SSSR count). The minimum atomic E-state index is -0.260. The predicted molar refractivity (Wildman–Crippen MR) is 81.6 cm³/mol. The SMILES string of the molecule is CC1CCC(NC2CC(=O)N(C3CCCC3)C2=O)CC1C. The van der Waals surface area contributed by atoms with Gasteiger partial charge >= 0.3 is 0 Å². The van der Waals surface area contributed by atoms with Crippen LogP contribution in [0.3, 0.4) is 0 Å². The molecule has 21 heavy (non-hydrogen) atoms. The van der Waals surface area contributed by atoms with E-state index in [2.05, 4.69) is 19.2 Å². The van der Waals surface area contributed by atoms with E-state index >= 15 is 0 Å². The Morgan fingerprint density at radius 2 is 1.71 bits per heavy atom. The van der Waals surface area contributed by atoms with Gasteiger partial charge in [-0.1, -0.05) is 26.7 Å². The number of rotatable bonds is 3. The lowest BCUT2D eigenvalue weighted by Crippen LogP contribution is -2.47. The van der Waals surface area contributed by atoms with Crippen molar-refractivity contribution in [2.75, 3.05) is 0 Å². The van der Waals surface area contributed by atoms with Gasteiger partial charge in [0.2, 0.25) is 11.8 Å². The van der Waals surface area contributed by atoms with Gasteiger partial charge in [0.05, 0.1) is 12.5 Å². The maximum atomic E-state index is 12.6. The van der Waals surface area contributed by atoms with Crippen LogP contribution in [0.2, 0.25) is 0 Å². The second-order valence-electron chi connectivity index (χ2n) is 7.43. The van der Waals surface area contributed by atoms with Crippen LogP contribution < -0.4 is 5.32 Å². The molecule has 4 nitrogen and oxygen atoms in total. The van der Waals surface area contributed by atoms with Crippen LogP contribution in [0, 0.1) is 11.8 Å². The van der Waals surface area contributed by atoms with Crippen LogP contribution in [0.1, 0.15) is 65.2 Å². The number of carbonyl (C=O) groups excluding carboxylic acids is 2. The normalized spacial score (nSPS) is 38.5. The van der Waals surface area contributed by atoms with Gasteiger partial charge in [0.15, 0.2) is 0 Å². The summed E-state index contributed by atoms with van der Waals surface area (Å²) in [5.74, 6) is 1.56. The molecule has 1 saturated heterocycles. The lowest BCUT2D eigenvalue weighted by Gasteiger charge is -2.34. The molecule has 4 unspecified atom stereocenters. The Kier molecular flexibility index (Phi) is 4.34. The highest BCUT2D eigenvalue weighted by Gasteiger charge is 2.43. The summed E-state index contributed by atoms with van der Waals surface area (Å²) in [5, 5.41) is 3.49. The van der Waals surface area contributed by atoms with E-state index in [9.17, 15) is 9.59 Å². The third-order valence-electron chi connectivity index (χ3n) is 5.91. The zero-order chi connectivity index (χ0) is 15.0. The van der Waals surface area contributed by atoms with Gasteiger partial charge in [-0.2, -0.15) is 0 Å². The fourth-order valence-corrected chi connectivity index (χ4v) is 4.31. The number of imide groups is 1. The fraction of sp³-hybridized carbons (Fsp3) is 0.882. The Bertz CT molecular complexity index is 417. The van der Waals surface area contributed by atoms with Crippen molar-refractivity contribution in [1.82, 2.24) is 10.2 Å². The van der Waals surface area contributed by atoms with Crippen LogP contribution >= 0.6 is 0 Å². The summed E-state index contributed by atoms with van der Waals surface area (Å²) in [6.07, 6.45) is 8.16. The molecule has 2 amide bonds. The molecule has 1 aliphatic heterocycles. The van der Waals surface area contributed by atoms with Crippen molar-refractivity contribution in [3.05, 3.63) is 0 Å². The zero-order valence-electron chi connectivity index (χ0n) is 13.3. The molecule has 0 bridgehead atoms. The van der Waals surface area contributed by atoms with E-state index in [4.69, 9.17) is 0 Å². The van der Waals surface area contributed by atoms with E-state index in [0.717, 1.165) is 44.4 Å². The van der Waals surface area contributed by atoms with Crippen LogP contribution in [0.25, 0.3) is 0 Å². The maximum absolute atomic E-state index is 12.6. The smallest absolute Gasteiger partial charge is 0.247 e. The number of carbonyl (C=O) groups is 2. The first-order chi connectivity index (χ1) is 10.1. The highest BCUT2D eigenvalue weighted by molar-refractivity contribution is 6.05. The topological polar surface area (TPSA) is 49.4 Å². The van der Waals surface area contributed by atoms with Gasteiger partial charge in [-0.05, 0) is 43.9 Å². The molecule has 3 aliphatic rings. The fourth-order valence-electron chi connectivity index (χ4n) is 4.31. The second kappa shape index (κ2) is 6.07. The Morgan fingerprint density at radius 3 is 2.38 bits per heavy atom. The van der Waals surface area contributed by atoms with E-state index in [1.54, 1.807) is 4.90 Å². The summed E-state index contributed by atoms with van der Waals surface area (Å²) in [7, 11) is 0. The number of nitrogens with zero attached hydrogens (tertiary/aromatic N) is 1. The van der Waals surface area contributed by atoms with E-state index < -0.39 is 0 Å². The van der Waals surface area contributed by atoms with Crippen molar-refractivity contribution >= 4 is 11.8 Å². The van der Waals surface area contributed by atoms with Crippen molar-refractivity contribution in [2.45, 2.75) is 83.3 Å². The molecule has 0 aromatic carbocycles. The van der Waals surface area contributed by atoms with Crippen LogP contribution in [0.15, 0.2) is 0 Å². The standard InChI is InChI=1S/C17H28N2O2/c1-11-7-8-13(9-12(11)2)18-15-10-16(20)19(17(15)21)14-5-3-4-6-14/h11-15,18H,3-10H2,1-2H3. The molecular formula is C17H28N2O2. The van der Waals surface area contributed by atoms with Gasteiger partial charge in [-0.25, -0.2) is 0 Å². The summed E-state index contributed by atoms with van der Waals surface area (Å²) in [5.41, 5.74) is 0. The molecule has 4 heteroatoms. The van der Waals surface area contributed by atoms with Gasteiger partial charge in [0.1, 0.15) is 0 Å². The van der Waals surface area contributed by atoms with E-state index in [-0.39, 0.29) is 23.9 Å². The third-order valence-corrected chi connectivity index (χ3v) is 5.91. The number of amides is 2. The molecule has 2 aliphatic carbocycles. The first-order valence-corrected chi connectivity index (χ1v) is 8.68. The molecular weight excluding hydrogens is 264 g/mol. The Balaban J connectivity index is 1.59. The minimum Gasteiger partial charge on any atom is -0.303 e. The molecule has 1 N–H and O–H groups in total. The molecule has 0 aromatic heterocycles. The molecule has 3 fully saturated rings. The van der Waals surface area contributed by atoms with Crippen molar-refractivity contribution < 1.29 is 9.59 Å². The first-order valence-electron chi connectivity index (χ1n) is 8.68. The van der Waals surface area contributed by atoms with Crippen LogP contribution in [0.5, 0.6) is 0 Å². The number of likely N-dealkylation sites (tertiary alicyclic amines) is 1. The summed E-state index contributed by atoms with van der Waals surface area (Å²) < 4.78 is 0. The maximum Gasteiger partial charge on any atom is 0.247 e. The monoisotopic (exact) mass is 292 g/mol. The molecule has 0 radical (unpaired) electrons. The summed E-state index contributed by atoms with van der Waals surface area (Å²) >= 11 is 0. The first kappa shape index (κ1) is 15.0. The lowest BCUT2D eigenvalue weighted by molar-refractivity contribution is -0.141. The Labute approximate surface area is 127 Å². The summed E-state index contributed by atoms with van der Waals surface area (Å²) in [6.45, 7) is 4.61. The molecule has 4 atom stereocenters. The number of hydrogen-bond acceptors (Lipinski definition) is 3. The van der Waals surface area contributed by atoms with E-state index in [0.29, 0.717) is 18.4 Å². The zero-order valence-corrected chi connectivity index (χ0v) is 13.3. The summed E-state index contributed by atoms with van der Waals surface area (Å²) in [4.78, 5) is 26.4. The van der Waals surface area contributed by atoms with Gasteiger partial charge in [0.25, 0.3) is 0 Å². The average molecular weight is 292 g/mol. The van der Waals surface area contributed by atoms with Crippen molar-refractivity contribution in [3.63, 3.8) is 0 Å². The highest BCUT2D eigenvalue weighted by atomic mass is 16.2. The predicted octanol–water partition coefficient (Wildman–Crippen LogP) is 2.47. The molecule has 0 aromatic rings.